The molecule has 0 N–H and O–H groups in total. The zero-order chi connectivity index (χ0) is 12.8. The van der Waals surface area contributed by atoms with Crippen LogP contribution in [0.2, 0.25) is 0 Å². The van der Waals surface area contributed by atoms with E-state index in [0.29, 0.717) is 17.7 Å². The molecule has 2 aromatic rings. The van der Waals surface area contributed by atoms with Gasteiger partial charge in [0.2, 0.25) is 0 Å². The number of hydrogen-bond donors (Lipinski definition) is 0. The molecule has 0 bridgehead atoms. The van der Waals surface area contributed by atoms with Crippen molar-refractivity contribution in [2.45, 2.75) is 12.5 Å². The third-order valence-electron chi connectivity index (χ3n) is 2.33. The maximum absolute atomic E-state index is 11.9. The smallest absolute Gasteiger partial charge is 0.339 e. The molecule has 0 saturated heterocycles. The Hall–Kier alpha value is -2.12. The number of ether oxygens (including phenoxy) is 1. The highest BCUT2D eigenvalue weighted by molar-refractivity contribution is 7.08. The van der Waals surface area contributed by atoms with Gasteiger partial charge >= 0.3 is 5.97 Å². The van der Waals surface area contributed by atoms with E-state index in [-0.39, 0.29) is 5.97 Å². The number of carbonyl (C=O) groups is 1. The Balaban J connectivity index is 2.13. The van der Waals surface area contributed by atoms with Crippen LogP contribution in [0.3, 0.4) is 0 Å². The van der Waals surface area contributed by atoms with Crippen molar-refractivity contribution in [3.05, 3.63) is 52.5 Å². The lowest BCUT2D eigenvalue weighted by Crippen LogP contribution is -2.12. The monoisotopic (exact) mass is 257 g/mol. The van der Waals surface area contributed by atoms with E-state index in [4.69, 9.17) is 11.2 Å². The van der Waals surface area contributed by atoms with Gasteiger partial charge in [0.05, 0.1) is 17.7 Å². The number of terminal acetylenes is 1. The molecule has 0 aromatic carbocycles. The molecule has 3 nitrogen and oxygen atoms in total. The summed E-state index contributed by atoms with van der Waals surface area (Å²) in [6.45, 7) is 0. The van der Waals surface area contributed by atoms with Crippen LogP contribution in [0.1, 0.15) is 28.6 Å². The van der Waals surface area contributed by atoms with Gasteiger partial charge in [-0.15, -0.1) is 12.3 Å². The minimum Gasteiger partial charge on any atom is -0.451 e. The second-order valence-electron chi connectivity index (χ2n) is 3.57. The first kappa shape index (κ1) is 12.3. The summed E-state index contributed by atoms with van der Waals surface area (Å²) in [4.78, 5) is 16.0. The predicted octanol–water partition coefficient (Wildman–Crippen LogP) is 3.06. The summed E-state index contributed by atoms with van der Waals surface area (Å²) in [5.41, 5.74) is 1.21. The van der Waals surface area contributed by atoms with Gasteiger partial charge in [-0.2, -0.15) is 11.3 Å². The summed E-state index contributed by atoms with van der Waals surface area (Å²) in [5.74, 6) is 2.13. The third kappa shape index (κ3) is 2.96. The van der Waals surface area contributed by atoms with Gasteiger partial charge in [-0.1, -0.05) is 6.07 Å². The Kier molecular flexibility index (Phi) is 4.11. The van der Waals surface area contributed by atoms with Crippen molar-refractivity contribution in [3.8, 4) is 12.3 Å². The fourth-order valence-corrected chi connectivity index (χ4v) is 2.08. The molecule has 1 atom stereocenters. The fourth-order valence-electron chi connectivity index (χ4n) is 1.46. The van der Waals surface area contributed by atoms with Crippen molar-refractivity contribution >= 4 is 17.3 Å². The molecular formula is C14H11NO2S. The molecule has 90 valence electrons. The number of rotatable bonds is 4. The van der Waals surface area contributed by atoms with Gasteiger partial charge in [-0.25, -0.2) is 4.79 Å². The average Bonchev–Trinajstić information content (AvgIpc) is 2.93. The summed E-state index contributed by atoms with van der Waals surface area (Å²) >= 11 is 1.45. The Labute approximate surface area is 109 Å². The fraction of sp³-hybridized carbons (Fsp3) is 0.143. The lowest BCUT2D eigenvalue weighted by Gasteiger charge is -2.14. The van der Waals surface area contributed by atoms with Crippen molar-refractivity contribution in [1.82, 2.24) is 4.98 Å². The Morgan fingerprint density at radius 2 is 2.39 bits per heavy atom. The normalized spacial score (nSPS) is 11.5. The van der Waals surface area contributed by atoms with Crippen LogP contribution >= 0.6 is 11.3 Å². The van der Waals surface area contributed by atoms with Crippen LogP contribution < -0.4 is 0 Å². The van der Waals surface area contributed by atoms with E-state index in [2.05, 4.69) is 10.9 Å². The molecule has 0 amide bonds. The van der Waals surface area contributed by atoms with Crippen molar-refractivity contribution in [1.29, 1.82) is 0 Å². The van der Waals surface area contributed by atoms with Crippen LogP contribution in [0.25, 0.3) is 0 Å². The van der Waals surface area contributed by atoms with E-state index in [1.54, 1.807) is 29.8 Å². The van der Waals surface area contributed by atoms with Gasteiger partial charge in [-0.05, 0) is 23.6 Å². The molecular weight excluding hydrogens is 246 g/mol. The number of nitrogens with zero attached hydrogens (tertiary/aromatic N) is 1. The average molecular weight is 257 g/mol. The van der Waals surface area contributed by atoms with Crippen LogP contribution in [0, 0.1) is 12.3 Å². The number of aromatic nitrogens is 1. The molecule has 0 fully saturated rings. The van der Waals surface area contributed by atoms with Gasteiger partial charge in [0.25, 0.3) is 0 Å². The Morgan fingerprint density at radius 1 is 1.50 bits per heavy atom. The number of thiophene rings is 1. The first-order valence-corrected chi connectivity index (χ1v) is 6.33. The van der Waals surface area contributed by atoms with Crippen LogP contribution in [0.15, 0.2) is 41.2 Å². The van der Waals surface area contributed by atoms with Crippen molar-refractivity contribution in [2.24, 2.45) is 0 Å². The zero-order valence-electron chi connectivity index (χ0n) is 9.58. The molecule has 0 aliphatic heterocycles. The van der Waals surface area contributed by atoms with Crippen molar-refractivity contribution in [2.75, 3.05) is 0 Å². The standard InChI is InChI=1S/C14H11NO2S/c1-2-5-13(12-6-3-4-8-15-12)17-14(16)11-7-9-18-10-11/h1,3-4,6-10,13H,5H2/t13-/m1/s1. The van der Waals surface area contributed by atoms with E-state index < -0.39 is 6.10 Å². The summed E-state index contributed by atoms with van der Waals surface area (Å²) in [5, 5.41) is 3.57. The minimum absolute atomic E-state index is 0.312. The zero-order valence-corrected chi connectivity index (χ0v) is 10.4. The lowest BCUT2D eigenvalue weighted by atomic mass is 10.1. The maximum atomic E-state index is 11.9. The SMILES string of the molecule is C#CC[C@@H](OC(=O)c1ccsc1)c1ccccn1. The highest BCUT2D eigenvalue weighted by atomic mass is 32.1. The second-order valence-corrected chi connectivity index (χ2v) is 4.35. The molecule has 2 heterocycles. The lowest BCUT2D eigenvalue weighted by molar-refractivity contribution is 0.0299. The van der Waals surface area contributed by atoms with Gasteiger partial charge in [0.1, 0.15) is 0 Å². The predicted molar refractivity (Wildman–Crippen MR) is 70.2 cm³/mol. The van der Waals surface area contributed by atoms with Gasteiger partial charge in [-0.3, -0.25) is 4.98 Å². The van der Waals surface area contributed by atoms with E-state index >= 15 is 0 Å². The van der Waals surface area contributed by atoms with Crippen LogP contribution in [0.5, 0.6) is 0 Å². The molecule has 18 heavy (non-hydrogen) atoms. The topological polar surface area (TPSA) is 39.2 Å². The summed E-state index contributed by atoms with van der Waals surface area (Å²) in [6, 6.07) is 7.16. The minimum atomic E-state index is -0.497. The summed E-state index contributed by atoms with van der Waals surface area (Å²) in [7, 11) is 0. The number of hydrogen-bond acceptors (Lipinski definition) is 4. The van der Waals surface area contributed by atoms with Gasteiger partial charge in [0.15, 0.2) is 6.10 Å². The quantitative estimate of drug-likeness (QED) is 0.624. The summed E-state index contributed by atoms with van der Waals surface area (Å²) in [6.07, 6.45) is 6.76. The molecule has 2 aromatic heterocycles. The van der Waals surface area contributed by atoms with Crippen LogP contribution in [-0.2, 0) is 4.74 Å². The molecule has 0 radical (unpaired) electrons. The van der Waals surface area contributed by atoms with E-state index in [1.807, 2.05) is 11.4 Å². The van der Waals surface area contributed by atoms with Crippen LogP contribution in [-0.4, -0.2) is 11.0 Å². The van der Waals surface area contributed by atoms with E-state index in [1.165, 1.54) is 11.3 Å². The van der Waals surface area contributed by atoms with Gasteiger partial charge < -0.3 is 4.74 Å². The first-order valence-electron chi connectivity index (χ1n) is 5.39. The van der Waals surface area contributed by atoms with E-state index in [0.717, 1.165) is 0 Å². The molecule has 4 heteroatoms. The molecule has 2 rings (SSSR count). The maximum Gasteiger partial charge on any atom is 0.339 e. The summed E-state index contributed by atoms with van der Waals surface area (Å²) < 4.78 is 5.38. The van der Waals surface area contributed by atoms with Crippen LogP contribution in [0.4, 0.5) is 0 Å². The number of esters is 1. The molecule has 0 unspecified atom stereocenters. The van der Waals surface area contributed by atoms with Crippen molar-refractivity contribution in [3.63, 3.8) is 0 Å². The first-order chi connectivity index (χ1) is 8.81. The van der Waals surface area contributed by atoms with Gasteiger partial charge in [0, 0.05) is 11.6 Å². The molecule has 0 aliphatic rings. The highest BCUT2D eigenvalue weighted by Gasteiger charge is 2.18. The molecule has 0 saturated carbocycles. The largest absolute Gasteiger partial charge is 0.451 e. The number of carbonyl (C=O) groups excluding carboxylic acids is 1. The Bertz CT molecular complexity index is 543. The third-order valence-corrected chi connectivity index (χ3v) is 3.01. The Morgan fingerprint density at radius 3 is 3.00 bits per heavy atom. The number of pyridine rings is 1. The molecule has 0 spiro atoms. The second kappa shape index (κ2) is 5.99. The molecule has 0 aliphatic carbocycles. The van der Waals surface area contributed by atoms with Crippen molar-refractivity contribution < 1.29 is 9.53 Å². The van der Waals surface area contributed by atoms with E-state index in [9.17, 15) is 4.79 Å². The highest BCUT2D eigenvalue weighted by Crippen LogP contribution is 2.21.